The average molecular weight is 441 g/mol. The molecule has 2 aliphatic heterocycles. The molecule has 162 valence electrons. The van der Waals surface area contributed by atoms with Crippen LogP contribution in [0.2, 0.25) is 0 Å². The normalized spacial score (nSPS) is 25.3. The monoisotopic (exact) mass is 440 g/mol. The maximum Gasteiger partial charge on any atom is 0.257 e. The van der Waals surface area contributed by atoms with E-state index in [1.54, 1.807) is 36.4 Å². The van der Waals surface area contributed by atoms with Crippen LogP contribution in [0.25, 0.3) is 0 Å². The van der Waals surface area contributed by atoms with Crippen LogP contribution < -0.4 is 11.1 Å². The number of nitrogens with zero attached hydrogens (tertiary/aromatic N) is 1. The van der Waals surface area contributed by atoms with Gasteiger partial charge in [-0.1, -0.05) is 36.0 Å². The van der Waals surface area contributed by atoms with Crippen LogP contribution in [0.15, 0.2) is 53.5 Å². The molecular formula is C23H25FN4O2S. The number of rotatable bonds is 5. The van der Waals surface area contributed by atoms with Crippen LogP contribution in [0.4, 0.5) is 4.39 Å². The fraction of sp³-hybridized carbons (Fsp3) is 0.348. The van der Waals surface area contributed by atoms with Gasteiger partial charge in [-0.15, -0.1) is 0 Å². The van der Waals surface area contributed by atoms with Crippen molar-refractivity contribution in [2.45, 2.75) is 31.0 Å². The van der Waals surface area contributed by atoms with Gasteiger partial charge in [0, 0.05) is 35.8 Å². The minimum Gasteiger partial charge on any atom is -0.375 e. The number of thioether (sulfide) groups is 1. The van der Waals surface area contributed by atoms with Crippen molar-refractivity contribution in [3.8, 4) is 0 Å². The van der Waals surface area contributed by atoms with Gasteiger partial charge in [-0.05, 0) is 42.5 Å². The zero-order valence-corrected chi connectivity index (χ0v) is 17.8. The van der Waals surface area contributed by atoms with Crippen LogP contribution in [0.3, 0.4) is 0 Å². The molecule has 0 aromatic heterocycles. The van der Waals surface area contributed by atoms with Crippen molar-refractivity contribution in [3.63, 3.8) is 0 Å². The largest absolute Gasteiger partial charge is 0.375 e. The minimum atomic E-state index is -0.946. The third-order valence-corrected chi connectivity index (χ3v) is 6.89. The third kappa shape index (κ3) is 4.42. The number of ether oxygens (including phenoxy) is 1. The summed E-state index contributed by atoms with van der Waals surface area (Å²) in [5.41, 5.74) is 6.65. The van der Waals surface area contributed by atoms with E-state index in [4.69, 9.17) is 20.9 Å². The lowest BCUT2D eigenvalue weighted by molar-refractivity contribution is -0.0527. The number of hydrogen-bond acceptors (Lipinski definition) is 6. The van der Waals surface area contributed by atoms with Gasteiger partial charge >= 0.3 is 0 Å². The number of carbonyl (C=O) groups is 1. The van der Waals surface area contributed by atoms with Gasteiger partial charge in [0.2, 0.25) is 0 Å². The maximum absolute atomic E-state index is 15.1. The van der Waals surface area contributed by atoms with Gasteiger partial charge in [-0.25, -0.2) is 9.38 Å². The number of benzene rings is 2. The summed E-state index contributed by atoms with van der Waals surface area (Å²) < 4.78 is 21.1. The molecule has 1 fully saturated rings. The Labute approximate surface area is 185 Å². The summed E-state index contributed by atoms with van der Waals surface area (Å²) in [6, 6.07) is 13.8. The number of nitrogens with one attached hydrogen (secondary N) is 2. The van der Waals surface area contributed by atoms with Gasteiger partial charge < -0.3 is 21.2 Å². The second kappa shape index (κ2) is 9.30. The molecule has 2 aliphatic rings. The molecule has 2 heterocycles. The van der Waals surface area contributed by atoms with Crippen molar-refractivity contribution in [2.75, 3.05) is 12.4 Å². The molecule has 0 bridgehead atoms. The summed E-state index contributed by atoms with van der Waals surface area (Å²) in [6.45, 7) is 0.480. The Hall–Kier alpha value is -2.55. The van der Waals surface area contributed by atoms with Gasteiger partial charge in [0.25, 0.3) is 5.91 Å². The van der Waals surface area contributed by atoms with E-state index < -0.39 is 5.54 Å². The van der Waals surface area contributed by atoms with Gasteiger partial charge in [0.15, 0.2) is 5.17 Å². The standard InChI is InChI=1S/C23H25FN4O2S/c24-20-7-6-15(12-26)10-19(20)23-14-30-18(8-9-25)11-17(23)13-31-22(28-23)27-21(29)16-4-2-1-3-5-16/h1-7,9-10,17-18,25H,8,11-14,26H2,(H,27,28,29). The summed E-state index contributed by atoms with van der Waals surface area (Å²) in [4.78, 5) is 17.6. The number of hydrogen-bond donors (Lipinski definition) is 3. The Morgan fingerprint density at radius 2 is 2.16 bits per heavy atom. The van der Waals surface area contributed by atoms with Crippen LogP contribution in [-0.4, -0.2) is 35.8 Å². The molecule has 1 saturated heterocycles. The molecule has 31 heavy (non-hydrogen) atoms. The first kappa shape index (κ1) is 21.7. The number of halogens is 1. The molecule has 8 heteroatoms. The first-order chi connectivity index (χ1) is 15.1. The number of amides is 1. The first-order valence-corrected chi connectivity index (χ1v) is 11.2. The molecule has 0 aliphatic carbocycles. The minimum absolute atomic E-state index is 0.0103. The van der Waals surface area contributed by atoms with Crippen LogP contribution in [0.1, 0.15) is 34.3 Å². The summed E-state index contributed by atoms with van der Waals surface area (Å²) in [7, 11) is 0. The lowest BCUT2D eigenvalue weighted by atomic mass is 9.74. The molecule has 2 aromatic rings. The Morgan fingerprint density at radius 1 is 1.35 bits per heavy atom. The molecule has 4 rings (SSSR count). The van der Waals surface area contributed by atoms with Gasteiger partial charge in [0.05, 0.1) is 12.7 Å². The molecule has 6 nitrogen and oxygen atoms in total. The van der Waals surface area contributed by atoms with E-state index in [1.807, 2.05) is 6.07 Å². The van der Waals surface area contributed by atoms with Crippen LogP contribution in [0, 0.1) is 17.1 Å². The molecule has 3 unspecified atom stereocenters. The first-order valence-electron chi connectivity index (χ1n) is 10.2. The van der Waals surface area contributed by atoms with Crippen molar-refractivity contribution in [1.29, 1.82) is 5.41 Å². The average Bonchev–Trinajstić information content (AvgIpc) is 2.80. The molecule has 3 atom stereocenters. The number of fused-ring (bicyclic) bond motifs is 1. The molecule has 4 N–H and O–H groups in total. The van der Waals surface area contributed by atoms with E-state index in [1.165, 1.54) is 24.0 Å². The SMILES string of the molecule is N=CCC1CC2CSC(NC(=O)c3ccccc3)=NC2(c2cc(CN)ccc2F)CO1. The summed E-state index contributed by atoms with van der Waals surface area (Å²) in [5, 5.41) is 10.7. The molecule has 0 saturated carbocycles. The van der Waals surface area contributed by atoms with E-state index in [9.17, 15) is 4.79 Å². The Bertz CT molecular complexity index is 1000. The van der Waals surface area contributed by atoms with Crippen molar-refractivity contribution >= 4 is 29.1 Å². The van der Waals surface area contributed by atoms with Crippen LogP contribution in [0.5, 0.6) is 0 Å². The Kier molecular flexibility index (Phi) is 6.50. The van der Waals surface area contributed by atoms with Gasteiger partial charge in [0.1, 0.15) is 11.4 Å². The predicted molar refractivity (Wildman–Crippen MR) is 121 cm³/mol. The van der Waals surface area contributed by atoms with E-state index in [-0.39, 0.29) is 30.4 Å². The maximum atomic E-state index is 15.1. The highest BCUT2D eigenvalue weighted by Crippen LogP contribution is 2.47. The highest BCUT2D eigenvalue weighted by atomic mass is 32.2. The highest BCUT2D eigenvalue weighted by molar-refractivity contribution is 8.13. The van der Waals surface area contributed by atoms with Crippen molar-refractivity contribution in [3.05, 3.63) is 71.0 Å². The topological polar surface area (TPSA) is 101 Å². The molecule has 1 amide bonds. The summed E-state index contributed by atoms with van der Waals surface area (Å²) >= 11 is 1.46. The van der Waals surface area contributed by atoms with E-state index in [2.05, 4.69) is 5.32 Å². The van der Waals surface area contributed by atoms with Crippen molar-refractivity contribution in [2.24, 2.45) is 16.6 Å². The summed E-state index contributed by atoms with van der Waals surface area (Å²) in [6.07, 6.45) is 2.44. The highest BCUT2D eigenvalue weighted by Gasteiger charge is 2.49. The lowest BCUT2D eigenvalue weighted by Gasteiger charge is -2.46. The fourth-order valence-corrected chi connectivity index (χ4v) is 5.34. The smallest absolute Gasteiger partial charge is 0.257 e. The zero-order chi connectivity index (χ0) is 21.8. The number of nitrogens with two attached hydrogens (primary N) is 1. The number of aliphatic imine (C=N–C) groups is 1. The summed E-state index contributed by atoms with van der Waals surface area (Å²) in [5.74, 6) is 0.0600. The van der Waals surface area contributed by atoms with Gasteiger partial charge in [-0.2, -0.15) is 0 Å². The van der Waals surface area contributed by atoms with E-state index in [0.29, 0.717) is 41.4 Å². The Morgan fingerprint density at radius 3 is 2.90 bits per heavy atom. The van der Waals surface area contributed by atoms with Gasteiger partial charge in [-0.3, -0.25) is 4.79 Å². The molecule has 0 spiro atoms. The zero-order valence-electron chi connectivity index (χ0n) is 17.0. The predicted octanol–water partition coefficient (Wildman–Crippen LogP) is 3.46. The second-order valence-electron chi connectivity index (χ2n) is 7.80. The molecule has 0 radical (unpaired) electrons. The second-order valence-corrected chi connectivity index (χ2v) is 8.80. The Balaban J connectivity index is 1.71. The van der Waals surface area contributed by atoms with E-state index in [0.717, 1.165) is 5.56 Å². The quantitative estimate of drug-likeness (QED) is 0.620. The number of amidine groups is 1. The third-order valence-electron chi connectivity index (χ3n) is 5.85. The van der Waals surface area contributed by atoms with E-state index >= 15 is 4.39 Å². The van der Waals surface area contributed by atoms with Crippen molar-refractivity contribution in [1.82, 2.24) is 5.32 Å². The van der Waals surface area contributed by atoms with Crippen molar-refractivity contribution < 1.29 is 13.9 Å². The fourth-order valence-electron chi connectivity index (χ4n) is 4.17. The van der Waals surface area contributed by atoms with Crippen LogP contribution in [-0.2, 0) is 16.8 Å². The molecular weight excluding hydrogens is 415 g/mol. The molecule has 2 aromatic carbocycles. The lowest BCUT2D eigenvalue weighted by Crippen LogP contribution is -2.51. The number of carbonyl (C=O) groups excluding carboxylic acids is 1. The van der Waals surface area contributed by atoms with Crippen LogP contribution >= 0.6 is 11.8 Å².